The summed E-state index contributed by atoms with van der Waals surface area (Å²) in [6, 6.07) is 7.12. The Labute approximate surface area is 144 Å². The average molecular weight is 351 g/mol. The first-order chi connectivity index (χ1) is 11.5. The molecule has 128 valence electrons. The Morgan fingerprint density at radius 3 is 2.92 bits per heavy atom. The first-order valence-electron chi connectivity index (χ1n) is 7.94. The quantitative estimate of drug-likeness (QED) is 0.839. The van der Waals surface area contributed by atoms with Crippen LogP contribution in [0.4, 0.5) is 0 Å². The number of nitrogens with zero attached hydrogens (tertiary/aromatic N) is 1. The molecule has 2 aromatic rings. The van der Waals surface area contributed by atoms with Crippen LogP contribution in [0.15, 0.2) is 24.3 Å². The summed E-state index contributed by atoms with van der Waals surface area (Å²) in [5.74, 6) is -1.15. The molecule has 2 N–H and O–H groups in total. The van der Waals surface area contributed by atoms with Gasteiger partial charge >= 0.3 is 5.97 Å². The fourth-order valence-corrected chi connectivity index (χ4v) is 3.10. The van der Waals surface area contributed by atoms with Crippen LogP contribution >= 0.6 is 11.6 Å². The Bertz CT molecular complexity index is 752. The van der Waals surface area contributed by atoms with E-state index in [1.165, 1.54) is 0 Å². The van der Waals surface area contributed by atoms with Gasteiger partial charge in [0.2, 0.25) is 0 Å². The van der Waals surface area contributed by atoms with E-state index >= 15 is 0 Å². The van der Waals surface area contributed by atoms with E-state index in [1.54, 1.807) is 23.1 Å². The van der Waals surface area contributed by atoms with Crippen molar-refractivity contribution in [2.45, 2.75) is 25.4 Å². The van der Waals surface area contributed by atoms with Crippen molar-refractivity contribution in [1.29, 1.82) is 0 Å². The van der Waals surface area contributed by atoms with E-state index in [2.05, 4.69) is 4.98 Å². The summed E-state index contributed by atoms with van der Waals surface area (Å²) in [6.07, 6.45) is 1.74. The second-order valence-electron chi connectivity index (χ2n) is 5.94. The first-order valence-corrected chi connectivity index (χ1v) is 8.31. The summed E-state index contributed by atoms with van der Waals surface area (Å²) in [7, 11) is 0. The minimum absolute atomic E-state index is 0.0263. The molecule has 0 saturated carbocycles. The lowest BCUT2D eigenvalue weighted by atomic mass is 10.2. The maximum Gasteiger partial charge on any atom is 0.305 e. The zero-order valence-corrected chi connectivity index (χ0v) is 13.9. The van der Waals surface area contributed by atoms with Crippen LogP contribution in [-0.4, -0.2) is 52.7 Å². The van der Waals surface area contributed by atoms with Gasteiger partial charge in [-0.25, -0.2) is 0 Å². The van der Waals surface area contributed by atoms with Gasteiger partial charge in [0.05, 0.1) is 12.5 Å². The summed E-state index contributed by atoms with van der Waals surface area (Å²) in [5.41, 5.74) is 1.21. The van der Waals surface area contributed by atoms with Crippen LogP contribution in [0.2, 0.25) is 5.02 Å². The molecule has 24 heavy (non-hydrogen) atoms. The molecule has 1 saturated heterocycles. The van der Waals surface area contributed by atoms with Crippen LogP contribution in [0.5, 0.6) is 0 Å². The summed E-state index contributed by atoms with van der Waals surface area (Å²) in [4.78, 5) is 28.3. The number of carbonyl (C=O) groups excluding carboxylic acids is 1. The molecule has 1 atom stereocenters. The van der Waals surface area contributed by atoms with Crippen molar-refractivity contribution < 1.29 is 19.4 Å². The highest BCUT2D eigenvalue weighted by atomic mass is 35.5. The van der Waals surface area contributed by atoms with Crippen molar-refractivity contribution in [3.05, 3.63) is 35.0 Å². The van der Waals surface area contributed by atoms with Crippen molar-refractivity contribution in [3.63, 3.8) is 0 Å². The third-order valence-electron chi connectivity index (χ3n) is 4.15. The molecule has 0 radical (unpaired) electrons. The van der Waals surface area contributed by atoms with Crippen molar-refractivity contribution >= 4 is 34.4 Å². The van der Waals surface area contributed by atoms with Gasteiger partial charge in [-0.3, -0.25) is 9.59 Å². The average Bonchev–Trinajstić information content (AvgIpc) is 3.19. The van der Waals surface area contributed by atoms with Gasteiger partial charge in [0.15, 0.2) is 0 Å². The zero-order chi connectivity index (χ0) is 17.1. The monoisotopic (exact) mass is 350 g/mol. The zero-order valence-electron chi connectivity index (χ0n) is 13.1. The summed E-state index contributed by atoms with van der Waals surface area (Å²) in [6.45, 7) is 1.25. The molecule has 1 aromatic carbocycles. The Morgan fingerprint density at radius 2 is 2.21 bits per heavy atom. The van der Waals surface area contributed by atoms with Crippen LogP contribution in [0.1, 0.15) is 29.8 Å². The number of hydrogen-bond donors (Lipinski definition) is 2. The Morgan fingerprint density at radius 1 is 1.38 bits per heavy atom. The molecular formula is C17H19ClN2O4. The van der Waals surface area contributed by atoms with Gasteiger partial charge in [-0.1, -0.05) is 17.7 Å². The summed E-state index contributed by atoms with van der Waals surface area (Å²) in [5, 5.41) is 10.4. The number of fused-ring (bicyclic) bond motifs is 1. The van der Waals surface area contributed by atoms with Crippen molar-refractivity contribution in [2.75, 3.05) is 19.7 Å². The Kier molecular flexibility index (Phi) is 5.06. The number of carbonyl (C=O) groups is 2. The molecule has 2 heterocycles. The van der Waals surface area contributed by atoms with Crippen LogP contribution in [0, 0.1) is 0 Å². The highest BCUT2D eigenvalue weighted by Gasteiger charge is 2.24. The van der Waals surface area contributed by atoms with Gasteiger partial charge < -0.3 is 19.7 Å². The number of carboxylic acid groups (broad SMARTS) is 1. The number of ether oxygens (including phenoxy) is 1. The van der Waals surface area contributed by atoms with E-state index < -0.39 is 5.97 Å². The lowest BCUT2D eigenvalue weighted by Gasteiger charge is -2.24. The number of amides is 1. The second kappa shape index (κ2) is 7.23. The minimum atomic E-state index is -0.927. The molecule has 0 spiro atoms. The van der Waals surface area contributed by atoms with Gasteiger partial charge in [0.25, 0.3) is 5.91 Å². The maximum absolute atomic E-state index is 12.8. The van der Waals surface area contributed by atoms with E-state index in [0.717, 1.165) is 23.7 Å². The van der Waals surface area contributed by atoms with Gasteiger partial charge in [-0.2, -0.15) is 0 Å². The molecule has 7 heteroatoms. The number of hydrogen-bond acceptors (Lipinski definition) is 3. The topological polar surface area (TPSA) is 82.6 Å². The number of rotatable bonds is 6. The summed E-state index contributed by atoms with van der Waals surface area (Å²) >= 11 is 5.97. The third kappa shape index (κ3) is 3.88. The second-order valence-corrected chi connectivity index (χ2v) is 6.38. The summed E-state index contributed by atoms with van der Waals surface area (Å²) < 4.78 is 5.58. The molecular weight excluding hydrogens is 332 g/mol. The molecule has 1 unspecified atom stereocenters. The lowest BCUT2D eigenvalue weighted by Crippen LogP contribution is -2.39. The maximum atomic E-state index is 12.8. The first kappa shape index (κ1) is 16.8. The highest BCUT2D eigenvalue weighted by molar-refractivity contribution is 6.31. The number of aliphatic carboxylic acids is 1. The Hall–Kier alpha value is -2.05. The van der Waals surface area contributed by atoms with Gasteiger partial charge in [0.1, 0.15) is 5.69 Å². The Balaban J connectivity index is 1.80. The minimum Gasteiger partial charge on any atom is -0.481 e. The van der Waals surface area contributed by atoms with Crippen LogP contribution in [0.3, 0.4) is 0 Å². The van der Waals surface area contributed by atoms with Crippen LogP contribution in [0.25, 0.3) is 10.9 Å². The number of carboxylic acids is 1. The normalized spacial score (nSPS) is 17.3. The number of nitrogens with one attached hydrogen (secondary N) is 1. The lowest BCUT2D eigenvalue weighted by molar-refractivity contribution is -0.137. The number of H-pyrrole nitrogens is 1. The van der Waals surface area contributed by atoms with E-state index in [-0.39, 0.29) is 25.0 Å². The fraction of sp³-hybridized carbons (Fsp3) is 0.412. The molecule has 1 aliphatic rings. The number of benzene rings is 1. The fourth-order valence-electron chi connectivity index (χ4n) is 2.93. The molecule has 1 aromatic heterocycles. The standard InChI is InChI=1S/C17H19ClN2O4/c18-12-4-3-11-8-15(19-14(11)9-12)17(23)20(6-5-16(21)22)10-13-2-1-7-24-13/h3-4,8-9,13,19H,1-2,5-7,10H2,(H,21,22). The molecule has 1 amide bonds. The molecule has 3 rings (SSSR count). The van der Waals surface area contributed by atoms with E-state index in [0.29, 0.717) is 23.9 Å². The van der Waals surface area contributed by atoms with E-state index in [4.69, 9.17) is 21.4 Å². The molecule has 6 nitrogen and oxygen atoms in total. The number of aromatic amines is 1. The molecule has 1 aliphatic heterocycles. The van der Waals surface area contributed by atoms with Crippen molar-refractivity contribution in [3.8, 4) is 0 Å². The molecule has 0 bridgehead atoms. The van der Waals surface area contributed by atoms with E-state index in [9.17, 15) is 9.59 Å². The van der Waals surface area contributed by atoms with Crippen molar-refractivity contribution in [2.24, 2.45) is 0 Å². The number of halogens is 1. The predicted octanol–water partition coefficient (Wildman–Crippen LogP) is 2.92. The van der Waals surface area contributed by atoms with Gasteiger partial charge in [0, 0.05) is 35.6 Å². The number of aromatic nitrogens is 1. The SMILES string of the molecule is O=C(O)CCN(CC1CCCO1)C(=O)c1cc2ccc(Cl)cc2[nH]1. The van der Waals surface area contributed by atoms with Crippen molar-refractivity contribution in [1.82, 2.24) is 9.88 Å². The highest BCUT2D eigenvalue weighted by Crippen LogP contribution is 2.21. The third-order valence-corrected chi connectivity index (χ3v) is 4.38. The van der Waals surface area contributed by atoms with E-state index in [1.807, 2.05) is 6.07 Å². The largest absolute Gasteiger partial charge is 0.481 e. The smallest absolute Gasteiger partial charge is 0.305 e. The predicted molar refractivity (Wildman–Crippen MR) is 90.4 cm³/mol. The molecule has 1 fully saturated rings. The van der Waals surface area contributed by atoms with Crippen LogP contribution < -0.4 is 0 Å². The van der Waals surface area contributed by atoms with Gasteiger partial charge in [-0.15, -0.1) is 0 Å². The van der Waals surface area contributed by atoms with Gasteiger partial charge in [-0.05, 0) is 31.0 Å². The van der Waals surface area contributed by atoms with Crippen LogP contribution in [-0.2, 0) is 9.53 Å². The molecule has 0 aliphatic carbocycles.